The van der Waals surface area contributed by atoms with Crippen LogP contribution in [-0.4, -0.2) is 34.8 Å². The van der Waals surface area contributed by atoms with E-state index in [1.54, 1.807) is 47.6 Å². The Morgan fingerprint density at radius 1 is 1.32 bits per heavy atom. The zero-order chi connectivity index (χ0) is 15.8. The summed E-state index contributed by atoms with van der Waals surface area (Å²) in [6, 6.07) is 8.29. The number of nitrogens with zero attached hydrogens (tertiary/aromatic N) is 1. The van der Waals surface area contributed by atoms with Gasteiger partial charge < -0.3 is 10.6 Å². The van der Waals surface area contributed by atoms with E-state index in [9.17, 15) is 9.59 Å². The molecule has 1 aromatic carbocycles. The molecule has 0 aliphatic heterocycles. The van der Waals surface area contributed by atoms with Crippen LogP contribution in [0.15, 0.2) is 41.9 Å². The largest absolute Gasteiger partial charge is 0.340 e. The van der Waals surface area contributed by atoms with Crippen LogP contribution in [0.2, 0.25) is 0 Å². The number of thioether (sulfide) groups is 1. The quantitative estimate of drug-likeness (QED) is 0.816. The van der Waals surface area contributed by atoms with Gasteiger partial charge in [-0.1, -0.05) is 18.2 Å². The van der Waals surface area contributed by atoms with Gasteiger partial charge in [0.1, 0.15) is 6.04 Å². The number of amides is 2. The van der Waals surface area contributed by atoms with E-state index in [4.69, 9.17) is 0 Å². The zero-order valence-corrected chi connectivity index (χ0v) is 13.7. The molecule has 0 bridgehead atoms. The molecule has 2 N–H and O–H groups in total. The first kappa shape index (κ1) is 16.5. The molecule has 0 radical (unpaired) electrons. The Balaban J connectivity index is 2.02. The lowest BCUT2D eigenvalue weighted by Crippen LogP contribution is -2.44. The highest BCUT2D eigenvalue weighted by Gasteiger charge is 2.21. The molecule has 0 unspecified atom stereocenters. The van der Waals surface area contributed by atoms with Crippen molar-refractivity contribution in [3.8, 4) is 0 Å². The maximum Gasteiger partial charge on any atom is 0.251 e. The number of nitrogens with one attached hydrogen (secondary N) is 2. The lowest BCUT2D eigenvalue weighted by Gasteiger charge is -2.17. The summed E-state index contributed by atoms with van der Waals surface area (Å²) in [6.07, 6.45) is 4.16. The molecule has 0 saturated carbocycles. The number of anilines is 1. The molecule has 0 aliphatic rings. The van der Waals surface area contributed by atoms with Crippen molar-refractivity contribution < 1.29 is 9.59 Å². The summed E-state index contributed by atoms with van der Waals surface area (Å²) in [5.74, 6) is 0.291. The van der Waals surface area contributed by atoms with Crippen LogP contribution >= 0.6 is 23.1 Å². The van der Waals surface area contributed by atoms with Crippen LogP contribution in [0.4, 0.5) is 5.13 Å². The predicted octanol–water partition coefficient (Wildman–Crippen LogP) is 2.63. The first-order valence-electron chi connectivity index (χ1n) is 6.76. The van der Waals surface area contributed by atoms with Gasteiger partial charge in [-0.05, 0) is 30.6 Å². The van der Waals surface area contributed by atoms with Crippen molar-refractivity contribution in [3.05, 3.63) is 47.5 Å². The van der Waals surface area contributed by atoms with E-state index in [0.717, 1.165) is 5.75 Å². The number of rotatable bonds is 7. The monoisotopic (exact) mass is 335 g/mol. The molecule has 116 valence electrons. The van der Waals surface area contributed by atoms with Crippen LogP contribution in [-0.2, 0) is 4.79 Å². The van der Waals surface area contributed by atoms with Crippen molar-refractivity contribution >= 4 is 40.0 Å². The molecule has 2 aromatic rings. The maximum absolute atomic E-state index is 12.3. The molecular formula is C15H17N3O2S2. The molecule has 1 aromatic heterocycles. The molecular weight excluding hydrogens is 318 g/mol. The molecule has 1 atom stereocenters. The van der Waals surface area contributed by atoms with Crippen LogP contribution < -0.4 is 10.6 Å². The van der Waals surface area contributed by atoms with Crippen molar-refractivity contribution in [3.63, 3.8) is 0 Å². The summed E-state index contributed by atoms with van der Waals surface area (Å²) in [5.41, 5.74) is 0.540. The van der Waals surface area contributed by atoms with Crippen molar-refractivity contribution in [1.82, 2.24) is 10.3 Å². The average Bonchev–Trinajstić information content (AvgIpc) is 3.04. The number of benzene rings is 1. The fraction of sp³-hybridized carbons (Fsp3) is 0.267. The smallest absolute Gasteiger partial charge is 0.251 e. The molecule has 2 rings (SSSR count). The summed E-state index contributed by atoms with van der Waals surface area (Å²) >= 11 is 2.98. The van der Waals surface area contributed by atoms with Crippen LogP contribution in [0.25, 0.3) is 0 Å². The summed E-state index contributed by atoms with van der Waals surface area (Å²) < 4.78 is 0. The number of carbonyl (C=O) groups is 2. The Hall–Kier alpha value is -1.86. The molecule has 5 nitrogen and oxygen atoms in total. The first-order valence-corrected chi connectivity index (χ1v) is 9.03. The second kappa shape index (κ2) is 8.55. The summed E-state index contributed by atoms with van der Waals surface area (Å²) in [4.78, 5) is 28.6. The van der Waals surface area contributed by atoms with Gasteiger partial charge in [0, 0.05) is 17.1 Å². The number of aromatic nitrogens is 1. The lowest BCUT2D eigenvalue weighted by molar-refractivity contribution is -0.118. The van der Waals surface area contributed by atoms with E-state index < -0.39 is 6.04 Å². The van der Waals surface area contributed by atoms with Crippen molar-refractivity contribution in [2.75, 3.05) is 17.3 Å². The van der Waals surface area contributed by atoms with E-state index in [0.29, 0.717) is 17.1 Å². The molecule has 0 spiro atoms. The third-order valence-electron chi connectivity index (χ3n) is 2.93. The van der Waals surface area contributed by atoms with Crippen LogP contribution in [0.3, 0.4) is 0 Å². The molecule has 1 heterocycles. The van der Waals surface area contributed by atoms with E-state index in [1.807, 2.05) is 12.3 Å². The Bertz CT molecular complexity index is 603. The molecule has 7 heteroatoms. The highest BCUT2D eigenvalue weighted by atomic mass is 32.2. The number of thiazole rings is 1. The lowest BCUT2D eigenvalue weighted by atomic mass is 10.1. The van der Waals surface area contributed by atoms with Crippen LogP contribution in [0, 0.1) is 0 Å². The fourth-order valence-electron chi connectivity index (χ4n) is 1.81. The Kier molecular flexibility index (Phi) is 6.42. The van der Waals surface area contributed by atoms with E-state index >= 15 is 0 Å². The minimum Gasteiger partial charge on any atom is -0.340 e. The van der Waals surface area contributed by atoms with Crippen molar-refractivity contribution in [2.24, 2.45) is 0 Å². The number of carbonyl (C=O) groups excluding carboxylic acids is 2. The third kappa shape index (κ3) is 4.85. The molecule has 0 fully saturated rings. The molecule has 2 amide bonds. The fourth-order valence-corrected chi connectivity index (χ4v) is 2.82. The Morgan fingerprint density at radius 2 is 2.09 bits per heavy atom. The van der Waals surface area contributed by atoms with Crippen molar-refractivity contribution in [2.45, 2.75) is 12.5 Å². The van der Waals surface area contributed by atoms with Gasteiger partial charge >= 0.3 is 0 Å². The van der Waals surface area contributed by atoms with Gasteiger partial charge in [-0.2, -0.15) is 11.8 Å². The van der Waals surface area contributed by atoms with E-state index in [1.165, 1.54) is 11.3 Å². The zero-order valence-electron chi connectivity index (χ0n) is 12.1. The minimum atomic E-state index is -0.580. The molecule has 0 aliphatic carbocycles. The number of hydrogen-bond donors (Lipinski definition) is 2. The van der Waals surface area contributed by atoms with Gasteiger partial charge in [0.25, 0.3) is 5.91 Å². The predicted molar refractivity (Wildman–Crippen MR) is 91.4 cm³/mol. The second-order valence-electron chi connectivity index (χ2n) is 4.50. The normalized spacial score (nSPS) is 11.7. The van der Waals surface area contributed by atoms with Gasteiger partial charge in [-0.25, -0.2) is 4.98 Å². The summed E-state index contributed by atoms with van der Waals surface area (Å²) in [5, 5.41) is 7.85. The van der Waals surface area contributed by atoms with Gasteiger partial charge in [0.2, 0.25) is 5.91 Å². The highest BCUT2D eigenvalue weighted by molar-refractivity contribution is 7.98. The van der Waals surface area contributed by atoms with Gasteiger partial charge in [-0.15, -0.1) is 11.3 Å². The summed E-state index contributed by atoms with van der Waals surface area (Å²) in [6.45, 7) is 0. The highest BCUT2D eigenvalue weighted by Crippen LogP contribution is 2.12. The van der Waals surface area contributed by atoms with Crippen LogP contribution in [0.5, 0.6) is 0 Å². The SMILES string of the molecule is CSCC[C@H](NC(=O)c1ccccc1)C(=O)Nc1nccs1. The van der Waals surface area contributed by atoms with E-state index in [2.05, 4.69) is 15.6 Å². The van der Waals surface area contributed by atoms with E-state index in [-0.39, 0.29) is 11.8 Å². The average molecular weight is 335 g/mol. The molecule has 22 heavy (non-hydrogen) atoms. The van der Waals surface area contributed by atoms with Gasteiger partial charge in [0.15, 0.2) is 5.13 Å². The standard InChI is InChI=1S/C15H17N3O2S2/c1-21-9-7-12(14(20)18-15-16-8-10-22-15)17-13(19)11-5-3-2-4-6-11/h2-6,8,10,12H,7,9H2,1H3,(H,17,19)(H,16,18,20)/t12-/m0/s1. The van der Waals surface area contributed by atoms with Gasteiger partial charge in [-0.3, -0.25) is 9.59 Å². The topological polar surface area (TPSA) is 71.1 Å². The van der Waals surface area contributed by atoms with Crippen LogP contribution in [0.1, 0.15) is 16.8 Å². The Labute approximate surface area is 137 Å². The second-order valence-corrected chi connectivity index (χ2v) is 6.38. The maximum atomic E-state index is 12.3. The van der Waals surface area contributed by atoms with Gasteiger partial charge in [0.05, 0.1) is 0 Å². The van der Waals surface area contributed by atoms with Crippen molar-refractivity contribution in [1.29, 1.82) is 0 Å². The third-order valence-corrected chi connectivity index (χ3v) is 4.26. The first-order chi connectivity index (χ1) is 10.7. The molecule has 0 saturated heterocycles. The minimum absolute atomic E-state index is 0.242. The summed E-state index contributed by atoms with van der Waals surface area (Å²) in [7, 11) is 0. The Morgan fingerprint density at radius 3 is 2.73 bits per heavy atom. The number of hydrogen-bond acceptors (Lipinski definition) is 5.